The van der Waals surface area contributed by atoms with Crippen molar-refractivity contribution in [2.75, 3.05) is 7.11 Å². The summed E-state index contributed by atoms with van der Waals surface area (Å²) in [4.78, 5) is 12.3. The van der Waals surface area contributed by atoms with E-state index in [-0.39, 0.29) is 22.8 Å². The summed E-state index contributed by atoms with van der Waals surface area (Å²) in [6.45, 7) is 7.61. The van der Waals surface area contributed by atoms with Crippen molar-refractivity contribution >= 4 is 11.9 Å². The Morgan fingerprint density at radius 1 is 1.12 bits per heavy atom. The van der Waals surface area contributed by atoms with E-state index in [1.54, 1.807) is 18.2 Å². The number of carbonyl (C=O) groups is 1. The zero-order valence-corrected chi connectivity index (χ0v) is 15.0. The van der Waals surface area contributed by atoms with Crippen molar-refractivity contribution in [1.29, 1.82) is 0 Å². The van der Waals surface area contributed by atoms with E-state index in [4.69, 9.17) is 4.74 Å². The average molecular weight is 354 g/mol. The van der Waals surface area contributed by atoms with Crippen LogP contribution in [-0.4, -0.2) is 28.2 Å². The highest BCUT2D eigenvalue weighted by Crippen LogP contribution is 2.37. The summed E-state index contributed by atoms with van der Waals surface area (Å²) in [5.41, 5.74) is 0.844. The Hall–Kier alpha value is -3.21. The molecule has 0 aliphatic rings. The minimum Gasteiger partial charge on any atom is -0.508 e. The number of rotatable bonds is 6. The molecule has 0 amide bonds. The van der Waals surface area contributed by atoms with Crippen molar-refractivity contribution < 1.29 is 24.9 Å². The number of phenolic OH excluding ortho intramolecular Hbond substituents is 3. The number of aromatic hydroxyl groups is 3. The number of carbonyl (C=O) groups excluding carboxylic acids is 1. The molecule has 0 bridgehead atoms. The van der Waals surface area contributed by atoms with E-state index in [1.807, 2.05) is 13.8 Å². The van der Waals surface area contributed by atoms with Gasteiger partial charge >= 0.3 is 0 Å². The van der Waals surface area contributed by atoms with Gasteiger partial charge in [-0.3, -0.25) is 4.79 Å². The fraction of sp³-hybridized carbons (Fsp3) is 0.190. The number of allylic oxidation sites excluding steroid dienone is 2. The molecule has 0 saturated carbocycles. The van der Waals surface area contributed by atoms with E-state index in [2.05, 4.69) is 6.58 Å². The third-order valence-corrected chi connectivity index (χ3v) is 4.21. The van der Waals surface area contributed by atoms with E-state index in [9.17, 15) is 20.1 Å². The van der Waals surface area contributed by atoms with Crippen molar-refractivity contribution in [2.45, 2.75) is 19.3 Å². The number of benzene rings is 2. The quantitative estimate of drug-likeness (QED) is 0.412. The molecular formula is C21H22O5. The Kier molecular flexibility index (Phi) is 5.41. The third-order valence-electron chi connectivity index (χ3n) is 4.21. The third kappa shape index (κ3) is 3.88. The molecule has 0 spiro atoms. The molecule has 26 heavy (non-hydrogen) atoms. The van der Waals surface area contributed by atoms with Gasteiger partial charge in [0.05, 0.1) is 12.7 Å². The number of methoxy groups -OCH3 is 1. The van der Waals surface area contributed by atoms with Gasteiger partial charge in [0.25, 0.3) is 0 Å². The van der Waals surface area contributed by atoms with Gasteiger partial charge in [-0.05, 0) is 30.4 Å². The molecule has 0 radical (unpaired) electrons. The van der Waals surface area contributed by atoms with Crippen LogP contribution in [0.3, 0.4) is 0 Å². The van der Waals surface area contributed by atoms with Crippen LogP contribution < -0.4 is 4.74 Å². The second-order valence-electron chi connectivity index (χ2n) is 6.44. The van der Waals surface area contributed by atoms with Crippen LogP contribution in [0.5, 0.6) is 23.0 Å². The van der Waals surface area contributed by atoms with Gasteiger partial charge in [-0.1, -0.05) is 19.9 Å². The monoisotopic (exact) mass is 354 g/mol. The lowest BCUT2D eigenvalue weighted by Gasteiger charge is -2.23. The highest BCUT2D eigenvalue weighted by Gasteiger charge is 2.22. The van der Waals surface area contributed by atoms with Crippen molar-refractivity contribution in [1.82, 2.24) is 0 Å². The van der Waals surface area contributed by atoms with Gasteiger partial charge in [0.15, 0.2) is 5.78 Å². The normalized spacial score (nSPS) is 11.5. The Bertz CT molecular complexity index is 878. The fourth-order valence-electron chi connectivity index (χ4n) is 2.50. The average Bonchev–Trinajstić information content (AvgIpc) is 2.59. The molecule has 0 heterocycles. The van der Waals surface area contributed by atoms with Crippen molar-refractivity contribution in [3.8, 4) is 23.0 Å². The first kappa shape index (κ1) is 19.1. The van der Waals surface area contributed by atoms with Crippen LogP contribution in [0, 0.1) is 0 Å². The summed E-state index contributed by atoms with van der Waals surface area (Å²) >= 11 is 0. The van der Waals surface area contributed by atoms with Crippen molar-refractivity contribution in [3.05, 3.63) is 65.8 Å². The van der Waals surface area contributed by atoms with E-state index in [0.717, 1.165) is 6.07 Å². The number of phenols is 3. The van der Waals surface area contributed by atoms with E-state index >= 15 is 0 Å². The minimum atomic E-state index is -0.474. The standard InChI is InChI=1S/C21H22O5/c1-5-21(2,3)16-10-13(20(26-4)12-19(16)25)6-9-17(23)15-8-7-14(22)11-18(15)24/h5-12,22,24-25H,1H2,2-4H3/b9-6+. The van der Waals surface area contributed by atoms with Gasteiger partial charge in [-0.15, -0.1) is 6.58 Å². The fourth-order valence-corrected chi connectivity index (χ4v) is 2.50. The molecule has 2 aromatic rings. The maximum absolute atomic E-state index is 12.3. The molecule has 0 atom stereocenters. The van der Waals surface area contributed by atoms with Crippen LogP contribution in [0.25, 0.3) is 6.08 Å². The van der Waals surface area contributed by atoms with Gasteiger partial charge in [0.2, 0.25) is 0 Å². The van der Waals surface area contributed by atoms with E-state index in [0.29, 0.717) is 16.9 Å². The summed E-state index contributed by atoms with van der Waals surface area (Å²) in [5.74, 6) is -0.371. The molecule has 2 aromatic carbocycles. The molecule has 0 unspecified atom stereocenters. The summed E-state index contributed by atoms with van der Waals surface area (Å²) in [7, 11) is 1.47. The van der Waals surface area contributed by atoms with Crippen LogP contribution in [-0.2, 0) is 5.41 Å². The molecule has 0 aliphatic heterocycles. The summed E-state index contributed by atoms with van der Waals surface area (Å²) in [6, 6.07) is 7.00. The Labute approximate surface area is 152 Å². The second-order valence-corrected chi connectivity index (χ2v) is 6.44. The predicted octanol–water partition coefficient (Wildman–Crippen LogP) is 4.17. The minimum absolute atomic E-state index is 0.0726. The summed E-state index contributed by atoms with van der Waals surface area (Å²) in [5, 5.41) is 29.4. The number of ether oxygens (including phenoxy) is 1. The molecule has 0 aromatic heterocycles. The van der Waals surface area contributed by atoms with Crippen LogP contribution >= 0.6 is 0 Å². The number of hydrogen-bond donors (Lipinski definition) is 3. The van der Waals surface area contributed by atoms with Crippen LogP contribution in [0.15, 0.2) is 49.1 Å². The van der Waals surface area contributed by atoms with Crippen LogP contribution in [0.4, 0.5) is 0 Å². The summed E-state index contributed by atoms with van der Waals surface area (Å²) in [6.07, 6.45) is 4.57. The number of ketones is 1. The maximum atomic E-state index is 12.3. The molecular weight excluding hydrogens is 332 g/mol. The summed E-state index contributed by atoms with van der Waals surface area (Å²) < 4.78 is 5.27. The van der Waals surface area contributed by atoms with Crippen LogP contribution in [0.1, 0.15) is 35.3 Å². The van der Waals surface area contributed by atoms with Gasteiger partial charge in [0.1, 0.15) is 23.0 Å². The topological polar surface area (TPSA) is 87.0 Å². The molecule has 2 rings (SSSR count). The van der Waals surface area contributed by atoms with Gasteiger partial charge in [-0.2, -0.15) is 0 Å². The molecule has 3 N–H and O–H groups in total. The SMILES string of the molecule is C=CC(C)(C)c1cc(/C=C/C(=O)c2ccc(O)cc2O)c(OC)cc1O. The predicted molar refractivity (Wildman–Crippen MR) is 101 cm³/mol. The van der Waals surface area contributed by atoms with Crippen molar-refractivity contribution in [3.63, 3.8) is 0 Å². The van der Waals surface area contributed by atoms with E-state index < -0.39 is 11.2 Å². The number of hydrogen-bond acceptors (Lipinski definition) is 5. The van der Waals surface area contributed by atoms with Gasteiger partial charge < -0.3 is 20.1 Å². The first-order chi connectivity index (χ1) is 12.2. The molecule has 0 fully saturated rings. The van der Waals surface area contributed by atoms with Gasteiger partial charge in [-0.25, -0.2) is 0 Å². The molecule has 136 valence electrons. The Balaban J connectivity index is 2.44. The second kappa shape index (κ2) is 7.35. The van der Waals surface area contributed by atoms with Crippen molar-refractivity contribution in [2.24, 2.45) is 0 Å². The van der Waals surface area contributed by atoms with E-state index in [1.165, 1.54) is 31.4 Å². The highest BCUT2D eigenvalue weighted by molar-refractivity contribution is 6.08. The Morgan fingerprint density at radius 3 is 2.38 bits per heavy atom. The first-order valence-electron chi connectivity index (χ1n) is 7.99. The lowest BCUT2D eigenvalue weighted by atomic mass is 9.83. The molecule has 0 saturated heterocycles. The van der Waals surface area contributed by atoms with Gasteiger partial charge in [0, 0.05) is 28.7 Å². The zero-order valence-electron chi connectivity index (χ0n) is 15.0. The van der Waals surface area contributed by atoms with Crippen LogP contribution in [0.2, 0.25) is 0 Å². The maximum Gasteiger partial charge on any atom is 0.189 e. The Morgan fingerprint density at radius 2 is 1.81 bits per heavy atom. The molecule has 5 heteroatoms. The lowest BCUT2D eigenvalue weighted by Crippen LogP contribution is -2.13. The zero-order chi connectivity index (χ0) is 19.5. The first-order valence-corrected chi connectivity index (χ1v) is 7.99. The molecule has 0 aliphatic carbocycles. The lowest BCUT2D eigenvalue weighted by molar-refractivity contribution is 0.104. The molecule has 5 nitrogen and oxygen atoms in total. The highest BCUT2D eigenvalue weighted by atomic mass is 16.5. The smallest absolute Gasteiger partial charge is 0.189 e. The largest absolute Gasteiger partial charge is 0.508 e.